The van der Waals surface area contributed by atoms with Gasteiger partial charge in [0.25, 0.3) is 0 Å². The summed E-state index contributed by atoms with van der Waals surface area (Å²) in [5.74, 6) is 0.655. The number of hydrogen-bond donors (Lipinski definition) is 1. The third-order valence-electron chi connectivity index (χ3n) is 3.15. The fraction of sp³-hybridized carbons (Fsp3) is 0.429. The minimum Gasteiger partial charge on any atom is -0.441 e. The van der Waals surface area contributed by atoms with E-state index >= 15 is 0 Å². The van der Waals surface area contributed by atoms with Gasteiger partial charge in [0.05, 0.1) is 17.5 Å². The number of benzene rings is 1. The summed E-state index contributed by atoms with van der Waals surface area (Å²) >= 11 is 0. The maximum Gasteiger partial charge on any atom is 0.192 e. The zero-order chi connectivity index (χ0) is 13.3. The third-order valence-corrected chi connectivity index (χ3v) is 3.15. The van der Waals surface area contributed by atoms with Crippen molar-refractivity contribution in [1.29, 1.82) is 5.26 Å². The van der Waals surface area contributed by atoms with Gasteiger partial charge in [0.2, 0.25) is 0 Å². The van der Waals surface area contributed by atoms with Crippen molar-refractivity contribution in [3.05, 3.63) is 29.7 Å². The van der Waals surface area contributed by atoms with E-state index < -0.39 is 5.41 Å². The molecule has 0 spiro atoms. The van der Waals surface area contributed by atoms with Gasteiger partial charge in [-0.3, -0.25) is 0 Å². The highest BCUT2D eigenvalue weighted by Gasteiger charge is 2.29. The van der Waals surface area contributed by atoms with Crippen LogP contribution in [0, 0.1) is 23.7 Å². The standard InChI is InChI=1S/C14H17N3O/c1-9-17-11-6-5-10(7-12(11)18-9)13(16-4)14(2,3)8-15/h5-7,13,16H,1-4H3. The van der Waals surface area contributed by atoms with Crippen LogP contribution in [0.4, 0.5) is 0 Å². The van der Waals surface area contributed by atoms with Crippen molar-refractivity contribution >= 4 is 11.1 Å². The highest BCUT2D eigenvalue weighted by molar-refractivity contribution is 5.73. The molecule has 0 fully saturated rings. The van der Waals surface area contributed by atoms with E-state index in [1.807, 2.05) is 46.0 Å². The average Bonchev–Trinajstić information content (AvgIpc) is 2.69. The quantitative estimate of drug-likeness (QED) is 0.900. The smallest absolute Gasteiger partial charge is 0.192 e. The molecule has 0 aliphatic carbocycles. The molecule has 1 aromatic heterocycles. The monoisotopic (exact) mass is 243 g/mol. The Bertz CT molecular complexity index is 607. The number of aromatic nitrogens is 1. The largest absolute Gasteiger partial charge is 0.441 e. The summed E-state index contributed by atoms with van der Waals surface area (Å²) in [6, 6.07) is 8.17. The fourth-order valence-corrected chi connectivity index (χ4v) is 2.24. The number of nitrogens with zero attached hydrogens (tertiary/aromatic N) is 2. The van der Waals surface area contributed by atoms with Gasteiger partial charge in [-0.2, -0.15) is 5.26 Å². The van der Waals surface area contributed by atoms with Crippen LogP contribution in [0.2, 0.25) is 0 Å². The first-order chi connectivity index (χ1) is 8.47. The topological polar surface area (TPSA) is 61.9 Å². The summed E-state index contributed by atoms with van der Waals surface area (Å²) < 4.78 is 5.53. The van der Waals surface area contributed by atoms with Crippen LogP contribution in [0.1, 0.15) is 31.3 Å². The van der Waals surface area contributed by atoms with Gasteiger partial charge in [-0.05, 0) is 38.6 Å². The Morgan fingerprint density at radius 1 is 1.44 bits per heavy atom. The van der Waals surface area contributed by atoms with Crippen LogP contribution in [0.25, 0.3) is 11.1 Å². The van der Waals surface area contributed by atoms with E-state index in [0.717, 1.165) is 16.7 Å². The molecular weight excluding hydrogens is 226 g/mol. The number of aryl methyl sites for hydroxylation is 1. The Morgan fingerprint density at radius 3 is 2.78 bits per heavy atom. The van der Waals surface area contributed by atoms with Gasteiger partial charge in [-0.25, -0.2) is 4.98 Å². The number of oxazole rings is 1. The molecule has 0 aliphatic rings. The normalized spacial score (nSPS) is 13.5. The molecule has 1 atom stereocenters. The molecule has 0 aliphatic heterocycles. The van der Waals surface area contributed by atoms with Crippen molar-refractivity contribution in [2.45, 2.75) is 26.8 Å². The molecule has 2 aromatic rings. The van der Waals surface area contributed by atoms with Gasteiger partial charge in [-0.15, -0.1) is 0 Å². The zero-order valence-electron chi connectivity index (χ0n) is 11.1. The predicted molar refractivity (Wildman–Crippen MR) is 69.9 cm³/mol. The first kappa shape index (κ1) is 12.6. The fourth-order valence-electron chi connectivity index (χ4n) is 2.24. The van der Waals surface area contributed by atoms with Crippen molar-refractivity contribution in [2.75, 3.05) is 7.05 Å². The minimum absolute atomic E-state index is 0.0442. The highest BCUT2D eigenvalue weighted by Crippen LogP contribution is 2.33. The van der Waals surface area contributed by atoms with Crippen LogP contribution >= 0.6 is 0 Å². The van der Waals surface area contributed by atoms with Crippen molar-refractivity contribution < 1.29 is 4.42 Å². The Kier molecular flexibility index (Phi) is 3.10. The molecule has 1 heterocycles. The van der Waals surface area contributed by atoms with Gasteiger partial charge in [0, 0.05) is 6.92 Å². The van der Waals surface area contributed by atoms with E-state index in [1.165, 1.54) is 0 Å². The lowest BCUT2D eigenvalue weighted by atomic mass is 9.82. The number of nitrogens with one attached hydrogen (secondary N) is 1. The summed E-state index contributed by atoms with van der Waals surface area (Å²) in [7, 11) is 1.86. The van der Waals surface area contributed by atoms with E-state index in [4.69, 9.17) is 4.42 Å². The van der Waals surface area contributed by atoms with Crippen LogP contribution in [0.15, 0.2) is 22.6 Å². The molecule has 18 heavy (non-hydrogen) atoms. The molecule has 4 heteroatoms. The van der Waals surface area contributed by atoms with E-state index in [9.17, 15) is 5.26 Å². The number of rotatable bonds is 3. The van der Waals surface area contributed by atoms with Crippen LogP contribution in [0.5, 0.6) is 0 Å². The summed E-state index contributed by atoms with van der Waals surface area (Å²) in [5.41, 5.74) is 2.16. The maximum atomic E-state index is 9.25. The van der Waals surface area contributed by atoms with E-state index in [2.05, 4.69) is 16.4 Å². The molecule has 1 N–H and O–H groups in total. The molecule has 0 saturated carbocycles. The van der Waals surface area contributed by atoms with Crippen LogP contribution in [-0.4, -0.2) is 12.0 Å². The number of nitriles is 1. The molecule has 0 amide bonds. The van der Waals surface area contributed by atoms with Crippen molar-refractivity contribution in [3.8, 4) is 6.07 Å². The Morgan fingerprint density at radius 2 is 2.17 bits per heavy atom. The molecule has 94 valence electrons. The first-order valence-corrected chi connectivity index (χ1v) is 5.93. The summed E-state index contributed by atoms with van der Waals surface area (Å²) in [4.78, 5) is 4.27. The van der Waals surface area contributed by atoms with Crippen LogP contribution in [-0.2, 0) is 0 Å². The molecule has 0 radical (unpaired) electrons. The molecule has 0 saturated heterocycles. The lowest BCUT2D eigenvalue weighted by Crippen LogP contribution is -2.30. The predicted octanol–water partition coefficient (Wildman–Crippen LogP) is 2.95. The van der Waals surface area contributed by atoms with Crippen molar-refractivity contribution in [1.82, 2.24) is 10.3 Å². The van der Waals surface area contributed by atoms with E-state index in [1.54, 1.807) is 0 Å². The SMILES string of the molecule is CNC(c1ccc2nc(C)oc2c1)C(C)(C)C#N. The second-order valence-electron chi connectivity index (χ2n) is 5.02. The van der Waals surface area contributed by atoms with Crippen LogP contribution < -0.4 is 5.32 Å². The Hall–Kier alpha value is -1.86. The first-order valence-electron chi connectivity index (χ1n) is 5.93. The molecule has 1 aromatic carbocycles. The molecular formula is C14H17N3O. The minimum atomic E-state index is -0.489. The number of fused-ring (bicyclic) bond motifs is 1. The van der Waals surface area contributed by atoms with Crippen molar-refractivity contribution in [3.63, 3.8) is 0 Å². The van der Waals surface area contributed by atoms with Gasteiger partial charge in [-0.1, -0.05) is 6.07 Å². The van der Waals surface area contributed by atoms with E-state index in [-0.39, 0.29) is 6.04 Å². The Labute approximate surface area is 107 Å². The third kappa shape index (κ3) is 2.09. The second kappa shape index (κ2) is 4.43. The molecule has 2 rings (SSSR count). The Balaban J connectivity index is 2.49. The van der Waals surface area contributed by atoms with Gasteiger partial charge in [0.1, 0.15) is 5.52 Å². The maximum absolute atomic E-state index is 9.25. The average molecular weight is 243 g/mol. The summed E-state index contributed by atoms with van der Waals surface area (Å²) in [6.07, 6.45) is 0. The zero-order valence-corrected chi connectivity index (χ0v) is 11.1. The summed E-state index contributed by atoms with van der Waals surface area (Å²) in [5, 5.41) is 12.4. The number of hydrogen-bond acceptors (Lipinski definition) is 4. The lowest BCUT2D eigenvalue weighted by molar-refractivity contribution is 0.344. The van der Waals surface area contributed by atoms with Crippen LogP contribution in [0.3, 0.4) is 0 Å². The molecule has 0 bridgehead atoms. The van der Waals surface area contributed by atoms with Gasteiger partial charge in [0.15, 0.2) is 11.5 Å². The lowest BCUT2D eigenvalue weighted by Gasteiger charge is -2.27. The van der Waals surface area contributed by atoms with Gasteiger partial charge >= 0.3 is 0 Å². The second-order valence-corrected chi connectivity index (χ2v) is 5.02. The van der Waals surface area contributed by atoms with Gasteiger partial charge < -0.3 is 9.73 Å². The van der Waals surface area contributed by atoms with Crippen molar-refractivity contribution in [2.24, 2.45) is 5.41 Å². The molecule has 4 nitrogen and oxygen atoms in total. The molecule has 1 unspecified atom stereocenters. The highest BCUT2D eigenvalue weighted by atomic mass is 16.3. The van der Waals surface area contributed by atoms with E-state index in [0.29, 0.717) is 5.89 Å². The summed E-state index contributed by atoms with van der Waals surface area (Å²) in [6.45, 7) is 5.67.